The maximum atomic E-state index is 11.6. The van der Waals surface area contributed by atoms with Gasteiger partial charge in [-0.3, -0.25) is 14.9 Å². The molecule has 0 fully saturated rings. The highest BCUT2D eigenvalue weighted by molar-refractivity contribution is 5.93. The fourth-order valence-corrected chi connectivity index (χ4v) is 2.41. The Morgan fingerprint density at radius 2 is 1.84 bits per heavy atom. The minimum Gasteiger partial charge on any atom is -0.465 e. The van der Waals surface area contributed by atoms with Crippen LogP contribution in [0.1, 0.15) is 15.9 Å². The van der Waals surface area contributed by atoms with Crippen molar-refractivity contribution in [2.24, 2.45) is 0 Å². The Morgan fingerprint density at radius 3 is 2.52 bits per heavy atom. The highest BCUT2D eigenvalue weighted by atomic mass is 16.5. The third-order valence-corrected chi connectivity index (χ3v) is 3.69. The van der Waals surface area contributed by atoms with Crippen LogP contribution in [0.15, 0.2) is 48.5 Å². The van der Waals surface area contributed by atoms with E-state index in [1.54, 1.807) is 23.7 Å². The van der Waals surface area contributed by atoms with E-state index in [1.165, 1.54) is 21.7 Å². The first kappa shape index (κ1) is 16.4. The van der Waals surface area contributed by atoms with E-state index in [-0.39, 0.29) is 18.8 Å². The van der Waals surface area contributed by atoms with Crippen LogP contribution in [0.4, 0.5) is 4.79 Å². The highest BCUT2D eigenvalue weighted by Gasteiger charge is 2.15. The molecule has 0 saturated carbocycles. The van der Waals surface area contributed by atoms with Gasteiger partial charge < -0.3 is 5.11 Å². The van der Waals surface area contributed by atoms with Crippen molar-refractivity contribution in [2.45, 2.75) is 13.2 Å². The van der Waals surface area contributed by atoms with Gasteiger partial charge in [-0.15, -0.1) is 5.10 Å². The van der Waals surface area contributed by atoms with Crippen molar-refractivity contribution in [3.05, 3.63) is 59.7 Å². The van der Waals surface area contributed by atoms with Gasteiger partial charge in [0.25, 0.3) is 5.91 Å². The summed E-state index contributed by atoms with van der Waals surface area (Å²) in [5, 5.41) is 26.1. The summed E-state index contributed by atoms with van der Waals surface area (Å²) in [6.07, 6.45) is -1.10. The van der Waals surface area contributed by atoms with Gasteiger partial charge in [0.2, 0.25) is 0 Å². The zero-order chi connectivity index (χ0) is 17.8. The Kier molecular flexibility index (Phi) is 4.57. The predicted octanol–water partition coefficient (Wildman–Crippen LogP) is 1.69. The van der Waals surface area contributed by atoms with Crippen LogP contribution >= 0.6 is 0 Å². The van der Waals surface area contributed by atoms with Crippen molar-refractivity contribution in [3.63, 3.8) is 0 Å². The Labute approximate surface area is 142 Å². The first-order valence-electron chi connectivity index (χ1n) is 7.38. The number of hydrogen-bond donors (Lipinski definition) is 3. The maximum absolute atomic E-state index is 11.6. The minimum atomic E-state index is -1.10. The van der Waals surface area contributed by atoms with Crippen molar-refractivity contribution in [1.29, 1.82) is 0 Å². The standard InChI is InChI=1S/C16H15N5O4/c22-15(18-25)12-7-5-11(6-8-12)9-20(16(23)24)10-21-14-4-2-1-3-13(14)17-19-21/h1-8,25H,9-10H2,(H,18,22)(H,23,24). The van der Waals surface area contributed by atoms with Crippen LogP contribution in [0.3, 0.4) is 0 Å². The second-order valence-corrected chi connectivity index (χ2v) is 5.34. The molecule has 2 aromatic carbocycles. The number of nitrogens with zero attached hydrogens (tertiary/aromatic N) is 4. The van der Waals surface area contributed by atoms with E-state index in [0.717, 1.165) is 5.52 Å². The number of carbonyl (C=O) groups excluding carboxylic acids is 1. The van der Waals surface area contributed by atoms with E-state index in [0.29, 0.717) is 11.1 Å². The summed E-state index contributed by atoms with van der Waals surface area (Å²) < 4.78 is 1.51. The molecule has 128 valence electrons. The summed E-state index contributed by atoms with van der Waals surface area (Å²) in [6, 6.07) is 13.5. The number of amides is 2. The van der Waals surface area contributed by atoms with Crippen molar-refractivity contribution in [1.82, 2.24) is 25.4 Å². The quantitative estimate of drug-likeness (QED) is 0.480. The van der Waals surface area contributed by atoms with Crippen molar-refractivity contribution in [3.8, 4) is 0 Å². The second-order valence-electron chi connectivity index (χ2n) is 5.34. The molecule has 0 aliphatic heterocycles. The first-order chi connectivity index (χ1) is 12.1. The summed E-state index contributed by atoms with van der Waals surface area (Å²) >= 11 is 0. The van der Waals surface area contributed by atoms with Crippen molar-refractivity contribution in [2.75, 3.05) is 0 Å². The highest BCUT2D eigenvalue weighted by Crippen LogP contribution is 2.13. The van der Waals surface area contributed by atoms with Crippen LogP contribution in [-0.4, -0.2) is 42.2 Å². The smallest absolute Gasteiger partial charge is 0.409 e. The van der Waals surface area contributed by atoms with Crippen LogP contribution in [0.2, 0.25) is 0 Å². The largest absolute Gasteiger partial charge is 0.465 e. The summed E-state index contributed by atoms with van der Waals surface area (Å²) in [4.78, 5) is 24.0. The molecule has 0 radical (unpaired) electrons. The molecule has 3 aromatic rings. The third kappa shape index (κ3) is 3.56. The number of aromatic nitrogens is 3. The summed E-state index contributed by atoms with van der Waals surface area (Å²) in [7, 11) is 0. The number of nitrogens with one attached hydrogen (secondary N) is 1. The molecular weight excluding hydrogens is 326 g/mol. The van der Waals surface area contributed by atoms with Gasteiger partial charge in [0.15, 0.2) is 0 Å². The van der Waals surface area contributed by atoms with Gasteiger partial charge in [-0.05, 0) is 29.8 Å². The molecule has 1 aromatic heterocycles. The lowest BCUT2D eigenvalue weighted by Crippen LogP contribution is -2.31. The number of para-hydroxylation sites is 1. The van der Waals surface area contributed by atoms with Crippen LogP contribution < -0.4 is 5.48 Å². The molecule has 25 heavy (non-hydrogen) atoms. The molecule has 3 rings (SSSR count). The van der Waals surface area contributed by atoms with E-state index in [4.69, 9.17) is 5.21 Å². The molecule has 0 unspecified atom stereocenters. The van der Waals surface area contributed by atoms with Gasteiger partial charge in [0.1, 0.15) is 12.2 Å². The van der Waals surface area contributed by atoms with Crippen LogP contribution in [0, 0.1) is 0 Å². The lowest BCUT2D eigenvalue weighted by Gasteiger charge is -2.19. The Morgan fingerprint density at radius 1 is 1.12 bits per heavy atom. The summed E-state index contributed by atoms with van der Waals surface area (Å²) in [6.45, 7) is 0.138. The zero-order valence-corrected chi connectivity index (χ0v) is 13.0. The van der Waals surface area contributed by atoms with Crippen LogP contribution in [0.5, 0.6) is 0 Å². The Balaban J connectivity index is 1.78. The number of rotatable bonds is 5. The number of fused-ring (bicyclic) bond motifs is 1. The van der Waals surface area contributed by atoms with Crippen LogP contribution in [0.25, 0.3) is 11.0 Å². The monoisotopic (exact) mass is 341 g/mol. The van der Waals surface area contributed by atoms with Gasteiger partial charge >= 0.3 is 6.09 Å². The average Bonchev–Trinajstić information content (AvgIpc) is 3.04. The van der Waals surface area contributed by atoms with E-state index < -0.39 is 12.0 Å². The predicted molar refractivity (Wildman–Crippen MR) is 86.8 cm³/mol. The molecular formula is C16H15N5O4. The average molecular weight is 341 g/mol. The fraction of sp³-hybridized carbons (Fsp3) is 0.125. The van der Waals surface area contributed by atoms with Gasteiger partial charge in [0, 0.05) is 5.56 Å². The molecule has 2 amide bonds. The molecule has 0 bridgehead atoms. The minimum absolute atomic E-state index is 0.0225. The maximum Gasteiger partial charge on any atom is 0.409 e. The molecule has 9 nitrogen and oxygen atoms in total. The molecule has 9 heteroatoms. The van der Waals surface area contributed by atoms with Crippen LogP contribution in [-0.2, 0) is 13.2 Å². The molecule has 1 heterocycles. The molecule has 3 N–H and O–H groups in total. The third-order valence-electron chi connectivity index (χ3n) is 3.69. The summed E-state index contributed by atoms with van der Waals surface area (Å²) in [5.74, 6) is -0.629. The van der Waals surface area contributed by atoms with Gasteiger partial charge in [-0.1, -0.05) is 29.5 Å². The Bertz CT molecular complexity index is 906. The molecule has 0 aliphatic rings. The summed E-state index contributed by atoms with van der Waals surface area (Å²) in [5.41, 5.74) is 3.94. The lowest BCUT2D eigenvalue weighted by atomic mass is 10.1. The Hall–Kier alpha value is -3.46. The van der Waals surface area contributed by atoms with E-state index >= 15 is 0 Å². The van der Waals surface area contributed by atoms with Gasteiger partial charge in [-0.25, -0.2) is 15.0 Å². The molecule has 0 saturated heterocycles. The molecule has 0 spiro atoms. The van der Waals surface area contributed by atoms with E-state index in [9.17, 15) is 14.7 Å². The second kappa shape index (κ2) is 6.97. The zero-order valence-electron chi connectivity index (χ0n) is 13.0. The topological polar surface area (TPSA) is 121 Å². The van der Waals surface area contributed by atoms with Gasteiger partial charge in [-0.2, -0.15) is 0 Å². The normalized spacial score (nSPS) is 10.6. The first-order valence-corrected chi connectivity index (χ1v) is 7.38. The number of carbonyl (C=O) groups is 2. The molecule has 0 aliphatic carbocycles. The number of benzene rings is 2. The molecule has 0 atom stereocenters. The number of hydrogen-bond acceptors (Lipinski definition) is 5. The number of hydroxylamine groups is 1. The van der Waals surface area contributed by atoms with E-state index in [2.05, 4.69) is 10.3 Å². The number of carboxylic acid groups (broad SMARTS) is 1. The lowest BCUT2D eigenvalue weighted by molar-refractivity contribution is 0.0706. The van der Waals surface area contributed by atoms with Crippen molar-refractivity contribution < 1.29 is 19.9 Å². The van der Waals surface area contributed by atoms with E-state index in [1.807, 2.05) is 18.2 Å². The SMILES string of the molecule is O=C(NO)c1ccc(CN(Cn2nnc3ccccc32)C(=O)O)cc1. The van der Waals surface area contributed by atoms with Gasteiger partial charge in [0.05, 0.1) is 12.1 Å². The van der Waals surface area contributed by atoms with Crippen molar-refractivity contribution >= 4 is 23.0 Å². The fourth-order valence-electron chi connectivity index (χ4n) is 2.41.